The van der Waals surface area contributed by atoms with E-state index in [-0.39, 0.29) is 0 Å². The van der Waals surface area contributed by atoms with E-state index in [1.165, 1.54) is 38.5 Å². The Labute approximate surface area is 105 Å². The summed E-state index contributed by atoms with van der Waals surface area (Å²) in [5.41, 5.74) is 6.16. The predicted octanol–water partition coefficient (Wildman–Crippen LogP) is 2.61. The molecule has 1 saturated carbocycles. The van der Waals surface area contributed by atoms with Gasteiger partial charge in [0.2, 0.25) is 0 Å². The van der Waals surface area contributed by atoms with Crippen LogP contribution < -0.4 is 5.73 Å². The van der Waals surface area contributed by atoms with Gasteiger partial charge in [0.1, 0.15) is 0 Å². The fourth-order valence-corrected chi connectivity index (χ4v) is 2.95. The molecule has 0 radical (unpaired) electrons. The number of rotatable bonds is 1. The minimum Gasteiger partial charge on any atom is -0.370 e. The minimum absolute atomic E-state index is 0.499. The van der Waals surface area contributed by atoms with Gasteiger partial charge in [0.05, 0.1) is 6.04 Å². The standard InChI is InChI=1S/C14H27N3/c1-11-8-9-17(10-12(11)2)14(15)16-13-6-4-3-5-7-13/h11-13H,3-10H2,1-2H3,(H2,15,16). The maximum Gasteiger partial charge on any atom is 0.191 e. The van der Waals surface area contributed by atoms with Gasteiger partial charge < -0.3 is 10.6 Å². The van der Waals surface area contributed by atoms with Crippen LogP contribution in [-0.4, -0.2) is 30.0 Å². The van der Waals surface area contributed by atoms with Crippen LogP contribution in [0.25, 0.3) is 0 Å². The zero-order valence-electron chi connectivity index (χ0n) is 11.4. The van der Waals surface area contributed by atoms with E-state index in [9.17, 15) is 0 Å². The molecule has 0 aromatic rings. The van der Waals surface area contributed by atoms with Crippen molar-refractivity contribution in [3.05, 3.63) is 0 Å². The topological polar surface area (TPSA) is 41.6 Å². The molecule has 2 unspecified atom stereocenters. The molecule has 1 saturated heterocycles. The van der Waals surface area contributed by atoms with Crippen LogP contribution in [0.4, 0.5) is 0 Å². The number of hydrogen-bond acceptors (Lipinski definition) is 1. The molecule has 1 heterocycles. The van der Waals surface area contributed by atoms with Gasteiger partial charge in [0, 0.05) is 13.1 Å². The maximum atomic E-state index is 6.16. The van der Waals surface area contributed by atoms with Gasteiger partial charge in [-0.15, -0.1) is 0 Å². The quantitative estimate of drug-likeness (QED) is 0.562. The summed E-state index contributed by atoms with van der Waals surface area (Å²) in [7, 11) is 0. The van der Waals surface area contributed by atoms with E-state index in [1.54, 1.807) is 0 Å². The van der Waals surface area contributed by atoms with E-state index in [2.05, 4.69) is 18.7 Å². The van der Waals surface area contributed by atoms with Gasteiger partial charge in [-0.1, -0.05) is 33.1 Å². The second-order valence-electron chi connectivity index (χ2n) is 5.97. The van der Waals surface area contributed by atoms with Gasteiger partial charge in [0.25, 0.3) is 0 Å². The smallest absolute Gasteiger partial charge is 0.191 e. The third kappa shape index (κ3) is 3.36. The summed E-state index contributed by atoms with van der Waals surface area (Å²) in [5.74, 6) is 2.37. The molecule has 0 amide bonds. The van der Waals surface area contributed by atoms with Crippen molar-refractivity contribution in [1.29, 1.82) is 0 Å². The van der Waals surface area contributed by atoms with E-state index in [0.29, 0.717) is 6.04 Å². The average molecular weight is 237 g/mol. The Morgan fingerprint density at radius 1 is 1.06 bits per heavy atom. The molecule has 98 valence electrons. The predicted molar refractivity (Wildman–Crippen MR) is 73.0 cm³/mol. The molecule has 0 aromatic carbocycles. The monoisotopic (exact) mass is 237 g/mol. The Morgan fingerprint density at radius 2 is 1.76 bits per heavy atom. The van der Waals surface area contributed by atoms with Gasteiger partial charge in [-0.3, -0.25) is 0 Å². The molecule has 0 aromatic heterocycles. The summed E-state index contributed by atoms with van der Waals surface area (Å²) >= 11 is 0. The average Bonchev–Trinajstić information content (AvgIpc) is 2.34. The molecule has 2 fully saturated rings. The van der Waals surface area contributed by atoms with Crippen LogP contribution >= 0.6 is 0 Å². The Balaban J connectivity index is 1.90. The lowest BCUT2D eigenvalue weighted by atomic mass is 9.89. The Morgan fingerprint density at radius 3 is 2.41 bits per heavy atom. The molecule has 1 aliphatic heterocycles. The SMILES string of the molecule is CC1CCN(C(N)=NC2CCCCC2)CC1C. The third-order valence-corrected chi connectivity index (χ3v) is 4.55. The van der Waals surface area contributed by atoms with Crippen LogP contribution in [0.2, 0.25) is 0 Å². The lowest BCUT2D eigenvalue weighted by Crippen LogP contribution is -2.46. The van der Waals surface area contributed by atoms with Crippen molar-refractivity contribution in [2.24, 2.45) is 22.6 Å². The number of nitrogens with zero attached hydrogens (tertiary/aromatic N) is 2. The molecule has 1 aliphatic carbocycles. The largest absolute Gasteiger partial charge is 0.370 e. The molecule has 2 atom stereocenters. The molecule has 17 heavy (non-hydrogen) atoms. The van der Waals surface area contributed by atoms with Crippen molar-refractivity contribution in [1.82, 2.24) is 4.90 Å². The Hall–Kier alpha value is -0.730. The fraction of sp³-hybridized carbons (Fsp3) is 0.929. The van der Waals surface area contributed by atoms with Crippen LogP contribution in [0.15, 0.2) is 4.99 Å². The Bertz CT molecular complexity index is 269. The lowest BCUT2D eigenvalue weighted by molar-refractivity contribution is 0.202. The van der Waals surface area contributed by atoms with Crippen molar-refractivity contribution >= 4 is 5.96 Å². The van der Waals surface area contributed by atoms with Gasteiger partial charge in [-0.2, -0.15) is 0 Å². The maximum absolute atomic E-state index is 6.16. The molecule has 2 aliphatic rings. The van der Waals surface area contributed by atoms with Gasteiger partial charge >= 0.3 is 0 Å². The van der Waals surface area contributed by atoms with E-state index in [0.717, 1.165) is 30.9 Å². The normalized spacial score (nSPS) is 32.8. The highest BCUT2D eigenvalue weighted by Gasteiger charge is 2.24. The zero-order valence-corrected chi connectivity index (χ0v) is 11.4. The number of guanidine groups is 1. The lowest BCUT2D eigenvalue weighted by Gasteiger charge is -2.36. The van der Waals surface area contributed by atoms with Crippen molar-refractivity contribution in [3.63, 3.8) is 0 Å². The van der Waals surface area contributed by atoms with Crippen LogP contribution in [0.3, 0.4) is 0 Å². The minimum atomic E-state index is 0.499. The van der Waals surface area contributed by atoms with Crippen molar-refractivity contribution < 1.29 is 0 Å². The summed E-state index contributed by atoms with van der Waals surface area (Å²) in [6.07, 6.45) is 7.76. The highest BCUT2D eigenvalue weighted by atomic mass is 15.3. The highest BCUT2D eigenvalue weighted by Crippen LogP contribution is 2.23. The first-order valence-corrected chi connectivity index (χ1v) is 7.25. The zero-order chi connectivity index (χ0) is 12.3. The Kier molecular flexibility index (Phi) is 4.30. The first kappa shape index (κ1) is 12.7. The van der Waals surface area contributed by atoms with Crippen LogP contribution in [-0.2, 0) is 0 Å². The van der Waals surface area contributed by atoms with Crippen molar-refractivity contribution in [2.75, 3.05) is 13.1 Å². The van der Waals surface area contributed by atoms with E-state index in [1.807, 2.05) is 0 Å². The molecule has 2 rings (SSSR count). The number of aliphatic imine (C=N–C) groups is 1. The highest BCUT2D eigenvalue weighted by molar-refractivity contribution is 5.78. The second kappa shape index (κ2) is 5.74. The van der Waals surface area contributed by atoms with E-state index < -0.39 is 0 Å². The van der Waals surface area contributed by atoms with E-state index >= 15 is 0 Å². The summed E-state index contributed by atoms with van der Waals surface area (Å²) in [6.45, 7) is 6.85. The fourth-order valence-electron chi connectivity index (χ4n) is 2.95. The molecule has 3 heteroatoms. The summed E-state index contributed by atoms with van der Waals surface area (Å²) in [4.78, 5) is 7.03. The molecular weight excluding hydrogens is 210 g/mol. The van der Waals surface area contributed by atoms with Crippen LogP contribution in [0, 0.1) is 11.8 Å². The third-order valence-electron chi connectivity index (χ3n) is 4.55. The number of nitrogens with two attached hydrogens (primary N) is 1. The van der Waals surface area contributed by atoms with Gasteiger partial charge in [-0.05, 0) is 31.1 Å². The summed E-state index contributed by atoms with van der Waals surface area (Å²) in [6, 6.07) is 0.499. The molecule has 2 N–H and O–H groups in total. The van der Waals surface area contributed by atoms with Crippen molar-refractivity contribution in [2.45, 2.75) is 58.4 Å². The molecule has 0 bridgehead atoms. The van der Waals surface area contributed by atoms with Gasteiger partial charge in [0.15, 0.2) is 5.96 Å². The van der Waals surface area contributed by atoms with E-state index in [4.69, 9.17) is 10.7 Å². The summed E-state index contributed by atoms with van der Waals surface area (Å²) in [5, 5.41) is 0. The summed E-state index contributed by atoms with van der Waals surface area (Å²) < 4.78 is 0. The van der Waals surface area contributed by atoms with Crippen LogP contribution in [0.1, 0.15) is 52.4 Å². The van der Waals surface area contributed by atoms with Crippen molar-refractivity contribution in [3.8, 4) is 0 Å². The molecule has 0 spiro atoms. The first-order chi connectivity index (χ1) is 8.16. The first-order valence-electron chi connectivity index (χ1n) is 7.25. The molecule has 3 nitrogen and oxygen atoms in total. The number of likely N-dealkylation sites (tertiary alicyclic amines) is 1. The number of hydrogen-bond donors (Lipinski definition) is 1. The molecular formula is C14H27N3. The second-order valence-corrected chi connectivity index (χ2v) is 5.97. The number of piperidine rings is 1. The van der Waals surface area contributed by atoms with Gasteiger partial charge in [-0.25, -0.2) is 4.99 Å². The van der Waals surface area contributed by atoms with Crippen LogP contribution in [0.5, 0.6) is 0 Å².